The minimum absolute atomic E-state index is 0.271. The average Bonchev–Trinajstić information content (AvgIpc) is 2.14. The van der Waals surface area contributed by atoms with Crippen LogP contribution in [0.4, 0.5) is 0 Å². The van der Waals surface area contributed by atoms with Gasteiger partial charge in [-0.05, 0) is 6.92 Å². The maximum Gasteiger partial charge on any atom is 0.244 e. The summed E-state index contributed by atoms with van der Waals surface area (Å²) in [6.45, 7) is 3.26. The molecule has 0 saturated carbocycles. The molecule has 0 aromatic carbocycles. The van der Waals surface area contributed by atoms with Crippen molar-refractivity contribution in [1.82, 2.24) is 10.2 Å². The fourth-order valence-corrected chi connectivity index (χ4v) is 0.481. The maximum absolute atomic E-state index is 8.84. The Morgan fingerprint density at radius 3 is 2.44 bits per heavy atom. The van der Waals surface area contributed by atoms with Gasteiger partial charge in [-0.2, -0.15) is 0 Å². The Kier molecular flexibility index (Phi) is 1.48. The lowest BCUT2D eigenvalue weighted by Gasteiger charge is -1.91. The molecule has 0 saturated heterocycles. The van der Waals surface area contributed by atoms with E-state index in [1.807, 2.05) is 0 Å². The Morgan fingerprint density at radius 2 is 2.22 bits per heavy atom. The van der Waals surface area contributed by atoms with Crippen LogP contribution in [0.5, 0.6) is 0 Å². The van der Waals surface area contributed by atoms with Crippen molar-refractivity contribution in [3.8, 4) is 0 Å². The summed E-state index contributed by atoms with van der Waals surface area (Å²) in [5, 5.41) is 16.0. The normalized spacial score (nSPS) is 13.7. The third kappa shape index (κ3) is 1.26. The molecular weight excluding hydrogens is 120 g/mol. The van der Waals surface area contributed by atoms with Crippen molar-refractivity contribution in [2.75, 3.05) is 0 Å². The predicted octanol–water partition coefficient (Wildman–Crippen LogP) is 0.431. The number of aryl methyl sites for hydroxylation is 1. The number of nitrogens with zero attached hydrogens (tertiary/aromatic N) is 2. The molecule has 0 radical (unpaired) electrons. The minimum Gasteiger partial charge on any atom is -0.423 e. The van der Waals surface area contributed by atoms with E-state index >= 15 is 0 Å². The number of aliphatic hydroxyl groups is 1. The zero-order valence-electron chi connectivity index (χ0n) is 5.33. The molecule has 1 aromatic rings. The summed E-state index contributed by atoms with van der Waals surface area (Å²) in [7, 11) is 0. The van der Waals surface area contributed by atoms with Crippen LogP contribution in [0.1, 0.15) is 24.8 Å². The largest absolute Gasteiger partial charge is 0.423 e. The molecular formula is C5H8N2O2. The van der Waals surface area contributed by atoms with Gasteiger partial charge in [0, 0.05) is 6.92 Å². The molecule has 50 valence electrons. The highest BCUT2D eigenvalue weighted by Gasteiger charge is 2.06. The van der Waals surface area contributed by atoms with E-state index in [1.165, 1.54) is 0 Å². The molecule has 0 spiro atoms. The fraction of sp³-hybridized carbons (Fsp3) is 0.600. The quantitative estimate of drug-likeness (QED) is 0.595. The highest BCUT2D eigenvalue weighted by Crippen LogP contribution is 2.07. The molecule has 4 nitrogen and oxygen atoms in total. The second-order valence-corrected chi connectivity index (χ2v) is 1.84. The third-order valence-electron chi connectivity index (χ3n) is 0.899. The first kappa shape index (κ1) is 6.22. The lowest BCUT2D eigenvalue weighted by molar-refractivity contribution is 0.161. The van der Waals surface area contributed by atoms with E-state index in [0.717, 1.165) is 0 Å². The molecule has 0 aliphatic carbocycles. The molecule has 0 amide bonds. The first-order valence-corrected chi connectivity index (χ1v) is 2.68. The van der Waals surface area contributed by atoms with Crippen LogP contribution in [0.25, 0.3) is 0 Å². The van der Waals surface area contributed by atoms with Crippen molar-refractivity contribution in [1.29, 1.82) is 0 Å². The Bertz CT molecular complexity index is 195. The van der Waals surface area contributed by atoms with E-state index in [4.69, 9.17) is 9.52 Å². The summed E-state index contributed by atoms with van der Waals surface area (Å²) in [6.07, 6.45) is -0.661. The van der Waals surface area contributed by atoms with Gasteiger partial charge in [-0.15, -0.1) is 10.2 Å². The zero-order valence-corrected chi connectivity index (χ0v) is 5.33. The molecule has 1 N–H and O–H groups in total. The Balaban J connectivity index is 2.85. The monoisotopic (exact) mass is 128 g/mol. The molecule has 0 unspecified atom stereocenters. The Hall–Kier alpha value is -0.900. The summed E-state index contributed by atoms with van der Waals surface area (Å²) >= 11 is 0. The van der Waals surface area contributed by atoms with Gasteiger partial charge in [0.1, 0.15) is 6.10 Å². The van der Waals surface area contributed by atoms with Gasteiger partial charge >= 0.3 is 0 Å². The molecule has 0 aliphatic heterocycles. The number of aliphatic hydroxyl groups excluding tert-OH is 1. The zero-order chi connectivity index (χ0) is 6.85. The van der Waals surface area contributed by atoms with Crippen molar-refractivity contribution in [3.63, 3.8) is 0 Å². The van der Waals surface area contributed by atoms with Gasteiger partial charge in [0.05, 0.1) is 0 Å². The topological polar surface area (TPSA) is 59.2 Å². The Morgan fingerprint density at radius 1 is 1.56 bits per heavy atom. The molecule has 9 heavy (non-hydrogen) atoms. The number of hydrogen-bond donors (Lipinski definition) is 1. The van der Waals surface area contributed by atoms with E-state index < -0.39 is 6.10 Å². The summed E-state index contributed by atoms with van der Waals surface area (Å²) in [4.78, 5) is 0. The summed E-state index contributed by atoms with van der Waals surface area (Å²) in [5.74, 6) is 0.749. The van der Waals surface area contributed by atoms with Gasteiger partial charge in [0.25, 0.3) is 0 Å². The van der Waals surface area contributed by atoms with E-state index in [9.17, 15) is 0 Å². The highest BCUT2D eigenvalue weighted by atomic mass is 16.4. The lowest BCUT2D eigenvalue weighted by atomic mass is 10.4. The van der Waals surface area contributed by atoms with E-state index in [0.29, 0.717) is 5.89 Å². The van der Waals surface area contributed by atoms with Gasteiger partial charge in [0.2, 0.25) is 11.8 Å². The van der Waals surface area contributed by atoms with Crippen molar-refractivity contribution in [2.45, 2.75) is 20.0 Å². The molecule has 1 atom stereocenters. The van der Waals surface area contributed by atoms with Crippen LogP contribution in [-0.2, 0) is 0 Å². The van der Waals surface area contributed by atoms with Crippen molar-refractivity contribution < 1.29 is 9.52 Å². The molecule has 1 rings (SSSR count). The summed E-state index contributed by atoms with van der Waals surface area (Å²) in [5.41, 5.74) is 0. The number of hydrogen-bond acceptors (Lipinski definition) is 4. The van der Waals surface area contributed by atoms with Crippen LogP contribution in [0.2, 0.25) is 0 Å². The van der Waals surface area contributed by atoms with E-state index in [-0.39, 0.29) is 5.89 Å². The predicted molar refractivity (Wildman–Crippen MR) is 29.7 cm³/mol. The number of rotatable bonds is 1. The number of aromatic nitrogens is 2. The molecule has 0 aliphatic rings. The van der Waals surface area contributed by atoms with E-state index in [1.54, 1.807) is 13.8 Å². The van der Waals surface area contributed by atoms with Crippen LogP contribution in [0.3, 0.4) is 0 Å². The van der Waals surface area contributed by atoms with Crippen molar-refractivity contribution in [3.05, 3.63) is 11.8 Å². The van der Waals surface area contributed by atoms with Crippen LogP contribution < -0.4 is 0 Å². The SMILES string of the molecule is Cc1nnc([C@@H](C)O)o1. The Labute approximate surface area is 52.5 Å². The second kappa shape index (κ2) is 2.14. The summed E-state index contributed by atoms with van der Waals surface area (Å²) in [6, 6.07) is 0. The molecule has 1 aromatic heterocycles. The molecule has 0 bridgehead atoms. The minimum atomic E-state index is -0.661. The van der Waals surface area contributed by atoms with Gasteiger partial charge in [-0.3, -0.25) is 0 Å². The van der Waals surface area contributed by atoms with Gasteiger partial charge in [-0.25, -0.2) is 0 Å². The summed E-state index contributed by atoms with van der Waals surface area (Å²) < 4.78 is 4.87. The van der Waals surface area contributed by atoms with Gasteiger partial charge in [-0.1, -0.05) is 0 Å². The highest BCUT2D eigenvalue weighted by molar-refractivity contribution is 4.81. The molecule has 1 heterocycles. The van der Waals surface area contributed by atoms with Gasteiger partial charge < -0.3 is 9.52 Å². The fourth-order valence-electron chi connectivity index (χ4n) is 0.481. The average molecular weight is 128 g/mol. The smallest absolute Gasteiger partial charge is 0.244 e. The van der Waals surface area contributed by atoms with Gasteiger partial charge in [0.15, 0.2) is 0 Å². The standard InChI is InChI=1S/C5H8N2O2/c1-3(8)5-7-6-4(2)9-5/h3,8H,1-2H3/t3-/m1/s1. The van der Waals surface area contributed by atoms with Crippen LogP contribution in [0, 0.1) is 6.92 Å². The van der Waals surface area contributed by atoms with E-state index in [2.05, 4.69) is 10.2 Å². The first-order chi connectivity index (χ1) is 4.20. The van der Waals surface area contributed by atoms with Crippen LogP contribution in [-0.4, -0.2) is 15.3 Å². The third-order valence-corrected chi connectivity index (χ3v) is 0.899. The van der Waals surface area contributed by atoms with Crippen molar-refractivity contribution in [2.24, 2.45) is 0 Å². The second-order valence-electron chi connectivity index (χ2n) is 1.84. The lowest BCUT2D eigenvalue weighted by Crippen LogP contribution is -1.89. The maximum atomic E-state index is 8.84. The van der Waals surface area contributed by atoms with Crippen LogP contribution >= 0.6 is 0 Å². The van der Waals surface area contributed by atoms with Crippen LogP contribution in [0.15, 0.2) is 4.42 Å². The van der Waals surface area contributed by atoms with Crippen molar-refractivity contribution >= 4 is 0 Å². The molecule has 4 heteroatoms. The molecule has 0 fully saturated rings. The first-order valence-electron chi connectivity index (χ1n) is 2.68.